The number of rotatable bonds is 0. The van der Waals surface area contributed by atoms with Crippen LogP contribution in [-0.2, 0) is 34.1 Å². The molecule has 0 aliphatic heterocycles. The molecule has 2 radical (unpaired) electrons. The van der Waals surface area contributed by atoms with Gasteiger partial charge in [0, 0.05) is 34.1 Å². The van der Waals surface area contributed by atoms with Gasteiger partial charge in [0.2, 0.25) is 0 Å². The van der Waals surface area contributed by atoms with Gasteiger partial charge in [-0.2, -0.15) is 0 Å². The molecule has 0 aliphatic rings. The summed E-state index contributed by atoms with van der Waals surface area (Å²) in [7, 11) is 0. The summed E-state index contributed by atoms with van der Waals surface area (Å²) in [5, 5.41) is 12.0. The Kier molecular flexibility index (Phi) is 295. The zero-order chi connectivity index (χ0) is 2.00. The van der Waals surface area contributed by atoms with Crippen molar-refractivity contribution in [3.63, 3.8) is 0 Å². The summed E-state index contributed by atoms with van der Waals surface area (Å²) in [6.45, 7) is 0. The van der Waals surface area contributed by atoms with Gasteiger partial charge in [0.25, 0.3) is 0 Å². The Morgan fingerprint density at radius 1 is 1.00 bits per heavy atom. The van der Waals surface area contributed by atoms with E-state index in [2.05, 4.69) is 0 Å². The Morgan fingerprint density at radius 3 is 1.00 bits per heavy atom. The van der Waals surface area contributed by atoms with Crippen molar-refractivity contribution in [1.29, 1.82) is 0 Å². The van der Waals surface area contributed by atoms with Crippen LogP contribution in [0.25, 0.3) is 0 Å². The first-order chi connectivity index (χ1) is 1.00. The molecule has 5 heteroatoms. The van der Waals surface area contributed by atoms with Gasteiger partial charge in [-0.15, -0.1) is 0 Å². The van der Waals surface area contributed by atoms with E-state index in [0.717, 1.165) is 0 Å². The summed E-state index contributed by atoms with van der Waals surface area (Å²) in [5.74, 6) is 0. The summed E-state index contributed by atoms with van der Waals surface area (Å²) in [4.78, 5) is 0. The van der Waals surface area contributed by atoms with Crippen LogP contribution in [0.1, 0.15) is 1.43 Å². The van der Waals surface area contributed by atoms with Gasteiger partial charge in [0.15, 0.2) is 0 Å². The van der Waals surface area contributed by atoms with Crippen molar-refractivity contribution in [2.45, 2.75) is 0 Å². The molecule has 30 valence electrons. The van der Waals surface area contributed by atoms with Gasteiger partial charge in [-0.05, 0) is 0 Å². The minimum absolute atomic E-state index is 0. The van der Waals surface area contributed by atoms with E-state index in [1.807, 2.05) is 0 Å². The SMILES string of the molecule is OO.[H-].[Li+].[Mn].[Mn]. The standard InChI is InChI=1S/Li.2Mn.H2O2.H/c;;;1-2;/h;;;1-2H;/q+1;;;;-1. The fourth-order valence-electron chi connectivity index (χ4n) is 0. The second-order valence-corrected chi connectivity index (χ2v) is 0. The third kappa shape index (κ3) is 29.0. The maximum absolute atomic E-state index is 6.00. The minimum atomic E-state index is 0. The van der Waals surface area contributed by atoms with Gasteiger partial charge in [-0.3, -0.25) is 10.5 Å². The van der Waals surface area contributed by atoms with Crippen molar-refractivity contribution in [2.75, 3.05) is 0 Å². The molecule has 0 aliphatic carbocycles. The Balaban J connectivity index is -0.000000000833. The maximum atomic E-state index is 6.00. The number of hydrogen-bond acceptors (Lipinski definition) is 2. The van der Waals surface area contributed by atoms with Crippen LogP contribution < -0.4 is 18.9 Å². The van der Waals surface area contributed by atoms with E-state index >= 15 is 0 Å². The average Bonchev–Trinajstić information content (AvgIpc) is 1.00. The molecule has 5 heavy (non-hydrogen) atoms. The zero-order valence-electron chi connectivity index (χ0n) is 3.65. The molecule has 0 saturated carbocycles. The van der Waals surface area contributed by atoms with Crippen LogP contribution in [0.15, 0.2) is 0 Å². The molecule has 0 bridgehead atoms. The van der Waals surface area contributed by atoms with Crippen molar-refractivity contribution in [2.24, 2.45) is 0 Å². The monoisotopic (exact) mass is 152 g/mol. The summed E-state index contributed by atoms with van der Waals surface area (Å²) >= 11 is 0. The summed E-state index contributed by atoms with van der Waals surface area (Å²) < 4.78 is 0. The molecule has 0 heterocycles. The molecule has 2 nitrogen and oxygen atoms in total. The maximum Gasteiger partial charge on any atom is 1.00 e. The van der Waals surface area contributed by atoms with Gasteiger partial charge < -0.3 is 1.43 Å². The van der Waals surface area contributed by atoms with Crippen molar-refractivity contribution < 1.29 is 64.9 Å². The fourth-order valence-corrected chi connectivity index (χ4v) is 0. The van der Waals surface area contributed by atoms with Crippen molar-refractivity contribution in [1.82, 2.24) is 0 Å². The molecular weight excluding hydrogens is 149 g/mol. The van der Waals surface area contributed by atoms with E-state index in [4.69, 9.17) is 10.5 Å². The molecule has 0 amide bonds. The van der Waals surface area contributed by atoms with Crippen molar-refractivity contribution in [3.05, 3.63) is 0 Å². The predicted molar refractivity (Wildman–Crippen MR) is 6.37 cm³/mol. The fraction of sp³-hybridized carbons (Fsp3) is 0. The first-order valence-corrected chi connectivity index (χ1v) is 0.200. The van der Waals surface area contributed by atoms with Crippen LogP contribution in [0.3, 0.4) is 0 Å². The van der Waals surface area contributed by atoms with E-state index in [1.54, 1.807) is 0 Å². The van der Waals surface area contributed by atoms with Crippen LogP contribution in [0.2, 0.25) is 0 Å². The Labute approximate surface area is 64.9 Å². The molecule has 0 saturated heterocycles. The quantitative estimate of drug-likeness (QED) is 0.222. The molecule has 0 aromatic carbocycles. The molecule has 0 rings (SSSR count). The van der Waals surface area contributed by atoms with Gasteiger partial charge in [-0.25, -0.2) is 0 Å². The second kappa shape index (κ2) is 47.6. The largest absolute Gasteiger partial charge is 1.00 e. The minimum Gasteiger partial charge on any atom is -1.00 e. The predicted octanol–water partition coefficient (Wildman–Crippen LogP) is -2.87. The van der Waals surface area contributed by atoms with Crippen molar-refractivity contribution >= 4 is 0 Å². The van der Waals surface area contributed by atoms with Gasteiger partial charge >= 0.3 is 18.9 Å². The normalized spacial score (nSPS) is 1.20. The third-order valence-corrected chi connectivity index (χ3v) is 0. The Bertz CT molecular complexity index is 11.5. The zero-order valence-corrected chi connectivity index (χ0v) is 5.01. The van der Waals surface area contributed by atoms with Gasteiger partial charge in [0.1, 0.15) is 0 Å². The molecule has 0 spiro atoms. The molecule has 0 aromatic rings. The van der Waals surface area contributed by atoms with Crippen LogP contribution in [0.5, 0.6) is 0 Å². The average molecular weight is 152 g/mol. The second-order valence-electron chi connectivity index (χ2n) is 0. The third-order valence-electron chi connectivity index (χ3n) is 0. The van der Waals surface area contributed by atoms with Crippen molar-refractivity contribution in [3.8, 4) is 0 Å². The first-order valence-electron chi connectivity index (χ1n) is 0.200. The molecule has 0 aromatic heterocycles. The van der Waals surface area contributed by atoms with Gasteiger partial charge in [0.05, 0.1) is 0 Å². The van der Waals surface area contributed by atoms with Crippen LogP contribution in [0, 0.1) is 0 Å². The van der Waals surface area contributed by atoms with Crippen LogP contribution in [0.4, 0.5) is 0 Å². The summed E-state index contributed by atoms with van der Waals surface area (Å²) in [6, 6.07) is 0. The molecule has 0 unspecified atom stereocenters. The summed E-state index contributed by atoms with van der Waals surface area (Å²) in [6.07, 6.45) is 0. The van der Waals surface area contributed by atoms with E-state index in [0.29, 0.717) is 0 Å². The van der Waals surface area contributed by atoms with Crippen LogP contribution >= 0.6 is 0 Å². The van der Waals surface area contributed by atoms with E-state index in [9.17, 15) is 0 Å². The molecule has 0 fully saturated rings. The molecule has 2 N–H and O–H groups in total. The molecule has 0 atom stereocenters. The summed E-state index contributed by atoms with van der Waals surface area (Å²) in [5.41, 5.74) is 0. The van der Waals surface area contributed by atoms with E-state index in [1.165, 1.54) is 0 Å². The Hall–Kier alpha value is 1.56. The first kappa shape index (κ1) is 31.0. The molecular formula is H3LiMn2O2. The van der Waals surface area contributed by atoms with Crippen LogP contribution in [-0.4, -0.2) is 10.5 Å². The topological polar surface area (TPSA) is 40.5 Å². The van der Waals surface area contributed by atoms with Gasteiger partial charge in [-0.1, -0.05) is 0 Å². The smallest absolute Gasteiger partial charge is 1.00 e. The van der Waals surface area contributed by atoms with E-state index < -0.39 is 0 Å². The Morgan fingerprint density at radius 2 is 1.00 bits per heavy atom. The van der Waals surface area contributed by atoms with E-state index in [-0.39, 0.29) is 54.4 Å². The number of hydrogen-bond donors (Lipinski definition) is 2.